The van der Waals surface area contributed by atoms with E-state index in [4.69, 9.17) is 9.72 Å². The molecule has 0 bridgehead atoms. The molecule has 0 spiro atoms. The minimum absolute atomic E-state index is 0.0683. The summed E-state index contributed by atoms with van der Waals surface area (Å²) in [7, 11) is 0. The lowest BCUT2D eigenvalue weighted by Crippen LogP contribution is -2.52. The molecule has 2 N–H and O–H groups in total. The van der Waals surface area contributed by atoms with Crippen molar-refractivity contribution in [3.8, 4) is 0 Å². The number of piperidine rings is 1. The standard InChI is InChI=1S/C24H29BrN4O3S/c1-24(2,3)32-23(31)28-20(14-17-5-4-12-33-17)22(30)29-10-8-15(9-11-29)21-26-18-7-6-16(25)13-19(18)27-21/h4-7,12-13,15,20H,8-11,14H2,1-3H3,(H,26,27)(H,28,31)/t20-/m0/s1. The van der Waals surface area contributed by atoms with E-state index in [9.17, 15) is 9.59 Å². The van der Waals surface area contributed by atoms with Crippen molar-refractivity contribution in [1.29, 1.82) is 0 Å². The first-order valence-electron chi connectivity index (χ1n) is 11.1. The van der Waals surface area contributed by atoms with Crippen LogP contribution in [0.4, 0.5) is 4.79 Å². The van der Waals surface area contributed by atoms with Gasteiger partial charge in [0.1, 0.15) is 17.5 Å². The molecule has 33 heavy (non-hydrogen) atoms. The van der Waals surface area contributed by atoms with Gasteiger partial charge in [-0.1, -0.05) is 22.0 Å². The normalized spacial score (nSPS) is 16.1. The van der Waals surface area contributed by atoms with Crippen LogP contribution in [0.1, 0.15) is 50.2 Å². The molecule has 2 amide bonds. The fourth-order valence-electron chi connectivity index (χ4n) is 4.07. The number of nitrogens with zero attached hydrogens (tertiary/aromatic N) is 2. The number of ether oxygens (including phenoxy) is 1. The van der Waals surface area contributed by atoms with Crippen molar-refractivity contribution in [3.05, 3.63) is 50.9 Å². The second kappa shape index (κ2) is 9.85. The van der Waals surface area contributed by atoms with Gasteiger partial charge < -0.3 is 19.9 Å². The first kappa shape index (κ1) is 23.8. The molecule has 0 aliphatic carbocycles. The highest BCUT2D eigenvalue weighted by Crippen LogP contribution is 2.29. The Bertz CT molecular complexity index is 1110. The van der Waals surface area contributed by atoms with Crippen LogP contribution in [0.2, 0.25) is 0 Å². The number of benzene rings is 1. The van der Waals surface area contributed by atoms with E-state index in [2.05, 4.69) is 26.2 Å². The Morgan fingerprint density at radius 3 is 2.73 bits per heavy atom. The number of aromatic nitrogens is 2. The predicted molar refractivity (Wildman–Crippen MR) is 134 cm³/mol. The maximum Gasteiger partial charge on any atom is 0.408 e. The number of halogens is 1. The molecule has 0 radical (unpaired) electrons. The van der Waals surface area contributed by atoms with Gasteiger partial charge in [0.15, 0.2) is 0 Å². The van der Waals surface area contributed by atoms with Gasteiger partial charge in [0.25, 0.3) is 0 Å². The van der Waals surface area contributed by atoms with E-state index < -0.39 is 17.7 Å². The van der Waals surface area contributed by atoms with Crippen molar-refractivity contribution >= 4 is 50.3 Å². The van der Waals surface area contributed by atoms with Gasteiger partial charge in [0.05, 0.1) is 11.0 Å². The topological polar surface area (TPSA) is 87.3 Å². The third-order valence-electron chi connectivity index (χ3n) is 5.63. The van der Waals surface area contributed by atoms with Crippen molar-refractivity contribution < 1.29 is 14.3 Å². The summed E-state index contributed by atoms with van der Waals surface area (Å²) in [5.74, 6) is 1.17. The van der Waals surface area contributed by atoms with Crippen molar-refractivity contribution in [2.45, 2.75) is 57.6 Å². The highest BCUT2D eigenvalue weighted by atomic mass is 79.9. The molecule has 1 atom stereocenters. The number of nitrogens with one attached hydrogen (secondary N) is 2. The molecular formula is C24H29BrN4O3S. The van der Waals surface area contributed by atoms with Gasteiger partial charge in [-0.05, 0) is 63.3 Å². The third kappa shape index (κ3) is 6.14. The van der Waals surface area contributed by atoms with Crippen molar-refractivity contribution in [2.24, 2.45) is 0 Å². The van der Waals surface area contributed by atoms with Crippen LogP contribution >= 0.6 is 27.3 Å². The average Bonchev–Trinajstić information content (AvgIpc) is 3.41. The van der Waals surface area contributed by atoms with E-state index in [1.807, 2.05) is 61.4 Å². The number of carbonyl (C=O) groups is 2. The number of H-pyrrole nitrogens is 1. The van der Waals surface area contributed by atoms with Gasteiger partial charge in [-0.2, -0.15) is 0 Å². The number of imidazole rings is 1. The summed E-state index contributed by atoms with van der Waals surface area (Å²) < 4.78 is 6.41. The molecule has 1 aromatic carbocycles. The van der Waals surface area contributed by atoms with E-state index >= 15 is 0 Å². The molecule has 4 rings (SSSR count). The number of aromatic amines is 1. The highest BCUT2D eigenvalue weighted by molar-refractivity contribution is 9.10. The van der Waals surface area contributed by atoms with Crippen molar-refractivity contribution in [3.63, 3.8) is 0 Å². The van der Waals surface area contributed by atoms with Crippen LogP contribution in [0, 0.1) is 0 Å². The zero-order chi connectivity index (χ0) is 23.6. The van der Waals surface area contributed by atoms with Gasteiger partial charge in [-0.25, -0.2) is 9.78 Å². The van der Waals surface area contributed by atoms with E-state index in [1.54, 1.807) is 11.3 Å². The van der Waals surface area contributed by atoms with Gasteiger partial charge in [0.2, 0.25) is 5.91 Å². The molecule has 0 unspecified atom stereocenters. The maximum atomic E-state index is 13.4. The highest BCUT2D eigenvalue weighted by Gasteiger charge is 2.32. The molecule has 2 aromatic heterocycles. The van der Waals surface area contributed by atoms with Gasteiger partial charge in [0, 0.05) is 34.8 Å². The summed E-state index contributed by atoms with van der Waals surface area (Å²) in [6, 6.07) is 9.30. The molecule has 1 aliphatic heterocycles. The maximum absolute atomic E-state index is 13.4. The SMILES string of the molecule is CC(C)(C)OC(=O)N[C@@H](Cc1cccs1)C(=O)N1CCC(c2nc3cc(Br)ccc3[nH]2)CC1. The van der Waals surface area contributed by atoms with Crippen LogP contribution in [0.5, 0.6) is 0 Å². The molecule has 3 heterocycles. The van der Waals surface area contributed by atoms with Crippen LogP contribution in [-0.4, -0.2) is 51.6 Å². The number of thiophene rings is 1. The Kier molecular flexibility index (Phi) is 7.09. The molecule has 9 heteroatoms. The summed E-state index contributed by atoms with van der Waals surface area (Å²) in [4.78, 5) is 36.9. The Morgan fingerprint density at radius 2 is 2.06 bits per heavy atom. The fraction of sp³-hybridized carbons (Fsp3) is 0.458. The third-order valence-corrected chi connectivity index (χ3v) is 7.02. The second-order valence-electron chi connectivity index (χ2n) is 9.37. The molecule has 0 saturated carbocycles. The lowest BCUT2D eigenvalue weighted by atomic mass is 9.95. The van der Waals surface area contributed by atoms with E-state index in [0.29, 0.717) is 19.5 Å². The monoisotopic (exact) mass is 532 g/mol. The largest absolute Gasteiger partial charge is 0.444 e. The van der Waals surface area contributed by atoms with Gasteiger partial charge >= 0.3 is 6.09 Å². The summed E-state index contributed by atoms with van der Waals surface area (Å²) in [5, 5.41) is 4.78. The van der Waals surface area contributed by atoms with Crippen molar-refractivity contribution in [1.82, 2.24) is 20.2 Å². The summed E-state index contributed by atoms with van der Waals surface area (Å²) in [6.07, 6.45) is 1.53. The Labute approximate surface area is 206 Å². The molecule has 1 fully saturated rings. The number of hydrogen-bond donors (Lipinski definition) is 2. The quantitative estimate of drug-likeness (QED) is 0.470. The number of fused-ring (bicyclic) bond motifs is 1. The number of rotatable bonds is 5. The Morgan fingerprint density at radius 1 is 1.30 bits per heavy atom. The molecule has 7 nitrogen and oxygen atoms in total. The zero-order valence-corrected chi connectivity index (χ0v) is 21.5. The minimum atomic E-state index is -0.654. The van der Waals surface area contributed by atoms with Crippen LogP contribution in [0.25, 0.3) is 11.0 Å². The van der Waals surface area contributed by atoms with Crippen LogP contribution in [-0.2, 0) is 16.0 Å². The zero-order valence-electron chi connectivity index (χ0n) is 19.1. The van der Waals surface area contributed by atoms with Crippen molar-refractivity contribution in [2.75, 3.05) is 13.1 Å². The Balaban J connectivity index is 1.41. The molecule has 176 valence electrons. The van der Waals surface area contributed by atoms with Gasteiger partial charge in [-0.3, -0.25) is 4.79 Å². The second-order valence-corrected chi connectivity index (χ2v) is 11.3. The van der Waals surface area contributed by atoms with E-state index in [0.717, 1.165) is 39.0 Å². The molecular weight excluding hydrogens is 504 g/mol. The molecule has 1 aliphatic rings. The number of amides is 2. The molecule has 3 aromatic rings. The summed E-state index contributed by atoms with van der Waals surface area (Å²) in [6.45, 7) is 6.68. The van der Waals surface area contributed by atoms with Crippen LogP contribution < -0.4 is 5.32 Å². The minimum Gasteiger partial charge on any atom is -0.444 e. The first-order chi connectivity index (χ1) is 15.7. The van der Waals surface area contributed by atoms with E-state index in [-0.39, 0.29) is 11.8 Å². The number of carbonyl (C=O) groups excluding carboxylic acids is 2. The van der Waals surface area contributed by atoms with E-state index in [1.165, 1.54) is 0 Å². The summed E-state index contributed by atoms with van der Waals surface area (Å²) in [5.41, 5.74) is 1.33. The predicted octanol–water partition coefficient (Wildman–Crippen LogP) is 5.23. The fourth-order valence-corrected chi connectivity index (χ4v) is 5.17. The molecule has 1 saturated heterocycles. The smallest absolute Gasteiger partial charge is 0.408 e. The summed E-state index contributed by atoms with van der Waals surface area (Å²) >= 11 is 5.07. The lowest BCUT2D eigenvalue weighted by molar-refractivity contribution is -0.134. The lowest BCUT2D eigenvalue weighted by Gasteiger charge is -2.34. The van der Waals surface area contributed by atoms with Crippen LogP contribution in [0.3, 0.4) is 0 Å². The van der Waals surface area contributed by atoms with Gasteiger partial charge in [-0.15, -0.1) is 11.3 Å². The first-order valence-corrected chi connectivity index (χ1v) is 12.8. The number of alkyl carbamates (subject to hydrolysis) is 1. The Hall–Kier alpha value is -2.39. The number of hydrogen-bond acceptors (Lipinski definition) is 5. The average molecular weight is 533 g/mol. The van der Waals surface area contributed by atoms with Crippen LogP contribution in [0.15, 0.2) is 40.2 Å². The number of likely N-dealkylation sites (tertiary alicyclic amines) is 1.